The summed E-state index contributed by atoms with van der Waals surface area (Å²) in [4.78, 5) is 2.53. The Bertz CT molecular complexity index is 446. The van der Waals surface area contributed by atoms with Gasteiger partial charge in [-0.05, 0) is 42.9 Å². The van der Waals surface area contributed by atoms with Gasteiger partial charge in [-0.25, -0.2) is 0 Å². The molecule has 2 atom stereocenters. The molecule has 3 heteroatoms. The Balaban J connectivity index is 1.86. The molecule has 0 aromatic heterocycles. The van der Waals surface area contributed by atoms with E-state index >= 15 is 0 Å². The lowest BCUT2D eigenvalue weighted by Gasteiger charge is -2.28. The van der Waals surface area contributed by atoms with Crippen LogP contribution >= 0.6 is 0 Å². The van der Waals surface area contributed by atoms with Crippen LogP contribution < -0.4 is 10.5 Å². The van der Waals surface area contributed by atoms with Crippen molar-refractivity contribution < 1.29 is 4.74 Å². The average molecular weight is 260 g/mol. The zero-order chi connectivity index (χ0) is 13.2. The first-order chi connectivity index (χ1) is 9.33. The van der Waals surface area contributed by atoms with Gasteiger partial charge in [0, 0.05) is 32.1 Å². The Morgan fingerprint density at radius 1 is 1.37 bits per heavy atom. The Morgan fingerprint density at radius 2 is 2.26 bits per heavy atom. The van der Waals surface area contributed by atoms with Crippen LogP contribution in [0, 0.1) is 5.92 Å². The van der Waals surface area contributed by atoms with E-state index in [1.54, 1.807) is 0 Å². The topological polar surface area (TPSA) is 38.5 Å². The molecule has 2 N–H and O–H groups in total. The van der Waals surface area contributed by atoms with E-state index in [1.807, 2.05) is 0 Å². The molecule has 0 spiro atoms. The second-order valence-corrected chi connectivity index (χ2v) is 5.71. The molecule has 0 amide bonds. The number of hydrogen-bond acceptors (Lipinski definition) is 3. The molecule has 0 radical (unpaired) electrons. The summed E-state index contributed by atoms with van der Waals surface area (Å²) in [6.45, 7) is 7.01. The Kier molecular flexibility index (Phi) is 3.76. The van der Waals surface area contributed by atoms with E-state index in [0.29, 0.717) is 5.92 Å². The van der Waals surface area contributed by atoms with E-state index in [2.05, 4.69) is 30.0 Å². The molecule has 1 aliphatic heterocycles. The van der Waals surface area contributed by atoms with Gasteiger partial charge in [0.1, 0.15) is 5.75 Å². The molecule has 0 saturated carbocycles. The summed E-state index contributed by atoms with van der Waals surface area (Å²) in [5.41, 5.74) is 8.68. The first kappa shape index (κ1) is 12.9. The Morgan fingerprint density at radius 3 is 3.05 bits per heavy atom. The molecule has 0 bridgehead atoms. The Labute approximate surface area is 115 Å². The SMILES string of the molecule is CCOc1cccc2c1CC[C@H]1CN(CCN)C[C@@H]21. The number of ether oxygens (including phenoxy) is 1. The molecule has 1 heterocycles. The number of fused-ring (bicyclic) bond motifs is 3. The van der Waals surface area contributed by atoms with E-state index in [4.69, 9.17) is 10.5 Å². The van der Waals surface area contributed by atoms with Crippen molar-refractivity contribution >= 4 is 0 Å². The summed E-state index contributed by atoms with van der Waals surface area (Å²) in [7, 11) is 0. The van der Waals surface area contributed by atoms with Gasteiger partial charge in [0.05, 0.1) is 6.61 Å². The second-order valence-electron chi connectivity index (χ2n) is 5.71. The summed E-state index contributed by atoms with van der Waals surface area (Å²) < 4.78 is 5.79. The third kappa shape index (κ3) is 2.37. The molecule has 1 fully saturated rings. The van der Waals surface area contributed by atoms with Crippen LogP contribution in [-0.2, 0) is 6.42 Å². The van der Waals surface area contributed by atoms with Crippen LogP contribution in [-0.4, -0.2) is 37.7 Å². The van der Waals surface area contributed by atoms with Crippen molar-refractivity contribution in [1.82, 2.24) is 4.90 Å². The average Bonchev–Trinajstić information content (AvgIpc) is 2.83. The highest BCUT2D eigenvalue weighted by Crippen LogP contribution is 2.43. The fourth-order valence-electron chi connectivity index (χ4n) is 3.79. The highest BCUT2D eigenvalue weighted by molar-refractivity contribution is 5.45. The lowest BCUT2D eigenvalue weighted by molar-refractivity contribution is 0.325. The van der Waals surface area contributed by atoms with Crippen LogP contribution in [0.2, 0.25) is 0 Å². The minimum Gasteiger partial charge on any atom is -0.494 e. The monoisotopic (exact) mass is 260 g/mol. The van der Waals surface area contributed by atoms with Crippen molar-refractivity contribution in [1.29, 1.82) is 0 Å². The lowest BCUT2D eigenvalue weighted by Crippen LogP contribution is -2.27. The van der Waals surface area contributed by atoms with Crippen molar-refractivity contribution in [3.8, 4) is 5.75 Å². The van der Waals surface area contributed by atoms with Crippen molar-refractivity contribution in [2.45, 2.75) is 25.7 Å². The zero-order valence-electron chi connectivity index (χ0n) is 11.8. The normalized spacial score (nSPS) is 26.0. The Hall–Kier alpha value is -1.06. The van der Waals surface area contributed by atoms with Gasteiger partial charge in [-0.15, -0.1) is 0 Å². The number of nitrogens with zero attached hydrogens (tertiary/aromatic N) is 1. The van der Waals surface area contributed by atoms with Gasteiger partial charge in [-0.3, -0.25) is 0 Å². The van der Waals surface area contributed by atoms with E-state index in [-0.39, 0.29) is 0 Å². The maximum atomic E-state index is 5.79. The van der Waals surface area contributed by atoms with Gasteiger partial charge in [-0.1, -0.05) is 12.1 Å². The quantitative estimate of drug-likeness (QED) is 0.900. The van der Waals surface area contributed by atoms with E-state index in [0.717, 1.165) is 31.4 Å². The number of rotatable bonds is 4. The molecule has 0 unspecified atom stereocenters. The molecule has 2 aliphatic rings. The largest absolute Gasteiger partial charge is 0.494 e. The molecule has 104 valence electrons. The first-order valence-electron chi connectivity index (χ1n) is 7.50. The minimum atomic E-state index is 0.690. The number of likely N-dealkylation sites (tertiary alicyclic amines) is 1. The fourth-order valence-corrected chi connectivity index (χ4v) is 3.79. The fraction of sp³-hybridized carbons (Fsp3) is 0.625. The lowest BCUT2D eigenvalue weighted by atomic mass is 9.77. The molecule has 19 heavy (non-hydrogen) atoms. The summed E-state index contributed by atoms with van der Waals surface area (Å²) >= 11 is 0. The van der Waals surface area contributed by atoms with Crippen LogP contribution in [0.15, 0.2) is 18.2 Å². The van der Waals surface area contributed by atoms with Gasteiger partial charge in [0.25, 0.3) is 0 Å². The third-order valence-corrected chi connectivity index (χ3v) is 4.60. The predicted octanol–water partition coefficient (Wildman–Crippen LogP) is 2.01. The van der Waals surface area contributed by atoms with Gasteiger partial charge in [0.15, 0.2) is 0 Å². The molecule has 1 saturated heterocycles. The van der Waals surface area contributed by atoms with E-state index in [1.165, 1.54) is 37.1 Å². The third-order valence-electron chi connectivity index (χ3n) is 4.60. The molecule has 1 aromatic carbocycles. The summed E-state index contributed by atoms with van der Waals surface area (Å²) in [6.07, 6.45) is 2.46. The van der Waals surface area contributed by atoms with Crippen LogP contribution in [0.5, 0.6) is 5.75 Å². The second kappa shape index (κ2) is 5.51. The first-order valence-corrected chi connectivity index (χ1v) is 7.50. The summed E-state index contributed by atoms with van der Waals surface area (Å²) in [5.74, 6) is 2.61. The van der Waals surface area contributed by atoms with Crippen LogP contribution in [0.1, 0.15) is 30.4 Å². The minimum absolute atomic E-state index is 0.690. The van der Waals surface area contributed by atoms with Crippen molar-refractivity contribution in [2.24, 2.45) is 11.7 Å². The summed E-state index contributed by atoms with van der Waals surface area (Å²) in [6, 6.07) is 6.58. The van der Waals surface area contributed by atoms with Crippen LogP contribution in [0.3, 0.4) is 0 Å². The predicted molar refractivity (Wildman–Crippen MR) is 77.7 cm³/mol. The maximum Gasteiger partial charge on any atom is 0.122 e. The van der Waals surface area contributed by atoms with Crippen LogP contribution in [0.4, 0.5) is 0 Å². The van der Waals surface area contributed by atoms with Crippen LogP contribution in [0.25, 0.3) is 0 Å². The number of nitrogens with two attached hydrogens (primary N) is 1. The van der Waals surface area contributed by atoms with Gasteiger partial charge >= 0.3 is 0 Å². The number of benzene rings is 1. The van der Waals surface area contributed by atoms with E-state index < -0.39 is 0 Å². The molecular formula is C16H24N2O. The van der Waals surface area contributed by atoms with Crippen molar-refractivity contribution in [3.63, 3.8) is 0 Å². The van der Waals surface area contributed by atoms with Gasteiger partial charge < -0.3 is 15.4 Å². The maximum absolute atomic E-state index is 5.79. The molecule has 3 rings (SSSR count). The summed E-state index contributed by atoms with van der Waals surface area (Å²) in [5, 5.41) is 0. The number of hydrogen-bond donors (Lipinski definition) is 1. The van der Waals surface area contributed by atoms with Gasteiger partial charge in [0.2, 0.25) is 0 Å². The highest BCUT2D eigenvalue weighted by atomic mass is 16.5. The van der Waals surface area contributed by atoms with Crippen molar-refractivity contribution in [2.75, 3.05) is 32.8 Å². The smallest absolute Gasteiger partial charge is 0.122 e. The van der Waals surface area contributed by atoms with E-state index in [9.17, 15) is 0 Å². The van der Waals surface area contributed by atoms with Gasteiger partial charge in [-0.2, -0.15) is 0 Å². The van der Waals surface area contributed by atoms with Crippen molar-refractivity contribution in [3.05, 3.63) is 29.3 Å². The molecule has 3 nitrogen and oxygen atoms in total. The highest BCUT2D eigenvalue weighted by Gasteiger charge is 2.37. The standard InChI is InChI=1S/C16H24N2O/c1-2-19-16-5-3-4-13-14(16)7-6-12-10-18(9-8-17)11-15(12)13/h3-5,12,15H,2,6-11,17H2,1H3/t12-,15+/m0/s1. The molecule has 1 aromatic rings. The molecule has 1 aliphatic carbocycles. The zero-order valence-corrected chi connectivity index (χ0v) is 11.8. The molecular weight excluding hydrogens is 236 g/mol.